The van der Waals surface area contributed by atoms with Gasteiger partial charge in [0.2, 0.25) is 0 Å². The van der Waals surface area contributed by atoms with Gasteiger partial charge in [-0.3, -0.25) is 0 Å². The van der Waals surface area contributed by atoms with Gasteiger partial charge in [0.15, 0.2) is 0 Å². The van der Waals surface area contributed by atoms with E-state index in [2.05, 4.69) is 76.7 Å². The van der Waals surface area contributed by atoms with E-state index in [1.807, 2.05) is 0 Å². The van der Waals surface area contributed by atoms with Crippen LogP contribution in [-0.2, 0) is 0 Å². The molecular formula is C19H22BrN. The quantitative estimate of drug-likeness (QED) is 0.764. The van der Waals surface area contributed by atoms with Gasteiger partial charge in [-0.2, -0.15) is 0 Å². The SMILES string of the molecule is CCNC(c1cccc(Br)c1)c1ccccc1C1CCC1. The van der Waals surface area contributed by atoms with E-state index in [-0.39, 0.29) is 6.04 Å². The Hall–Kier alpha value is -1.12. The predicted molar refractivity (Wildman–Crippen MR) is 92.7 cm³/mol. The molecular weight excluding hydrogens is 322 g/mol. The second kappa shape index (κ2) is 6.76. The smallest absolute Gasteiger partial charge is 0.0579 e. The first-order chi connectivity index (χ1) is 10.3. The maximum absolute atomic E-state index is 3.67. The average Bonchev–Trinajstić information content (AvgIpc) is 2.44. The summed E-state index contributed by atoms with van der Waals surface area (Å²) in [5, 5.41) is 3.67. The van der Waals surface area contributed by atoms with Crippen molar-refractivity contribution in [2.24, 2.45) is 0 Å². The molecule has 2 aromatic rings. The highest BCUT2D eigenvalue weighted by Crippen LogP contribution is 2.40. The summed E-state index contributed by atoms with van der Waals surface area (Å²) in [6.07, 6.45) is 4.06. The molecule has 0 saturated heterocycles. The Kier molecular flexibility index (Phi) is 4.77. The summed E-state index contributed by atoms with van der Waals surface area (Å²) < 4.78 is 1.14. The van der Waals surface area contributed by atoms with Gasteiger partial charge in [0.05, 0.1) is 6.04 Å². The van der Waals surface area contributed by atoms with Gasteiger partial charge in [-0.05, 0) is 54.1 Å². The van der Waals surface area contributed by atoms with Gasteiger partial charge in [0.25, 0.3) is 0 Å². The first kappa shape index (κ1) is 14.8. The van der Waals surface area contributed by atoms with Gasteiger partial charge in [-0.25, -0.2) is 0 Å². The Morgan fingerprint density at radius 3 is 2.62 bits per heavy atom. The van der Waals surface area contributed by atoms with Crippen LogP contribution in [-0.4, -0.2) is 6.54 Å². The minimum atomic E-state index is 0.282. The van der Waals surface area contributed by atoms with Gasteiger partial charge in [-0.15, -0.1) is 0 Å². The third-order valence-electron chi connectivity index (χ3n) is 4.44. The normalized spacial score (nSPS) is 16.5. The van der Waals surface area contributed by atoms with E-state index >= 15 is 0 Å². The number of hydrogen-bond acceptors (Lipinski definition) is 1. The van der Waals surface area contributed by atoms with Crippen molar-refractivity contribution in [3.8, 4) is 0 Å². The summed E-state index contributed by atoms with van der Waals surface area (Å²) >= 11 is 3.60. The van der Waals surface area contributed by atoms with Gasteiger partial charge >= 0.3 is 0 Å². The van der Waals surface area contributed by atoms with Crippen LogP contribution in [0.3, 0.4) is 0 Å². The fraction of sp³-hybridized carbons (Fsp3) is 0.368. The molecule has 0 spiro atoms. The van der Waals surface area contributed by atoms with Crippen molar-refractivity contribution < 1.29 is 0 Å². The van der Waals surface area contributed by atoms with E-state index in [1.165, 1.54) is 36.0 Å². The molecule has 0 heterocycles. The standard InChI is InChI=1S/C19H22BrN/c1-2-21-19(15-9-6-10-16(20)13-15)18-12-4-3-11-17(18)14-7-5-8-14/h3-4,6,9-14,19,21H,2,5,7-8H2,1H3. The highest BCUT2D eigenvalue weighted by atomic mass is 79.9. The third-order valence-corrected chi connectivity index (χ3v) is 4.94. The summed E-state index contributed by atoms with van der Waals surface area (Å²) in [5.74, 6) is 0.759. The van der Waals surface area contributed by atoms with E-state index in [0.717, 1.165) is 16.9 Å². The number of rotatable bonds is 5. The predicted octanol–water partition coefficient (Wildman–Crippen LogP) is 5.42. The zero-order valence-electron chi connectivity index (χ0n) is 12.5. The molecule has 2 heteroatoms. The molecule has 1 fully saturated rings. The molecule has 2 aromatic carbocycles. The molecule has 0 amide bonds. The minimum absolute atomic E-state index is 0.282. The number of halogens is 1. The second-order valence-corrected chi connectivity index (χ2v) is 6.72. The monoisotopic (exact) mass is 343 g/mol. The van der Waals surface area contributed by atoms with E-state index < -0.39 is 0 Å². The molecule has 1 aliphatic carbocycles. The lowest BCUT2D eigenvalue weighted by Gasteiger charge is -2.31. The summed E-state index contributed by atoms with van der Waals surface area (Å²) in [7, 11) is 0. The Bertz CT molecular complexity index is 604. The first-order valence-corrected chi connectivity index (χ1v) is 8.66. The van der Waals surface area contributed by atoms with Crippen LogP contribution >= 0.6 is 15.9 Å². The van der Waals surface area contributed by atoms with Crippen LogP contribution in [0.1, 0.15) is 54.8 Å². The summed E-state index contributed by atoms with van der Waals surface area (Å²) in [6, 6.07) is 17.9. The molecule has 1 aliphatic rings. The Balaban J connectivity index is 2.01. The van der Waals surface area contributed by atoms with Crippen molar-refractivity contribution in [2.75, 3.05) is 6.54 Å². The Morgan fingerprint density at radius 1 is 1.14 bits per heavy atom. The molecule has 1 unspecified atom stereocenters. The van der Waals surface area contributed by atoms with Crippen molar-refractivity contribution in [3.05, 3.63) is 69.7 Å². The number of benzene rings is 2. The van der Waals surface area contributed by atoms with E-state index in [4.69, 9.17) is 0 Å². The number of hydrogen-bond donors (Lipinski definition) is 1. The highest BCUT2D eigenvalue weighted by molar-refractivity contribution is 9.10. The lowest BCUT2D eigenvalue weighted by Crippen LogP contribution is -2.24. The van der Waals surface area contributed by atoms with Gasteiger partial charge in [0.1, 0.15) is 0 Å². The summed E-state index contributed by atoms with van der Waals surface area (Å²) in [5.41, 5.74) is 4.31. The van der Waals surface area contributed by atoms with Gasteiger partial charge in [0, 0.05) is 4.47 Å². The van der Waals surface area contributed by atoms with Crippen LogP contribution in [0.25, 0.3) is 0 Å². The van der Waals surface area contributed by atoms with Crippen molar-refractivity contribution in [1.29, 1.82) is 0 Å². The van der Waals surface area contributed by atoms with Crippen LogP contribution in [0.4, 0.5) is 0 Å². The Morgan fingerprint density at radius 2 is 1.95 bits per heavy atom. The van der Waals surface area contributed by atoms with Crippen LogP contribution in [0, 0.1) is 0 Å². The molecule has 0 radical (unpaired) electrons. The summed E-state index contributed by atoms with van der Waals surface area (Å²) in [6.45, 7) is 3.15. The molecule has 1 N–H and O–H groups in total. The zero-order valence-corrected chi connectivity index (χ0v) is 14.1. The second-order valence-electron chi connectivity index (χ2n) is 5.80. The average molecular weight is 344 g/mol. The van der Waals surface area contributed by atoms with Gasteiger partial charge < -0.3 is 5.32 Å². The van der Waals surface area contributed by atoms with E-state index in [9.17, 15) is 0 Å². The lowest BCUT2D eigenvalue weighted by atomic mass is 9.76. The van der Waals surface area contributed by atoms with Gasteiger partial charge in [-0.1, -0.05) is 65.7 Å². The number of nitrogens with one attached hydrogen (secondary N) is 1. The fourth-order valence-corrected chi connectivity index (χ4v) is 3.58. The van der Waals surface area contributed by atoms with Crippen molar-refractivity contribution >= 4 is 15.9 Å². The third kappa shape index (κ3) is 3.22. The molecule has 0 bridgehead atoms. The maximum atomic E-state index is 3.67. The lowest BCUT2D eigenvalue weighted by molar-refractivity contribution is 0.414. The minimum Gasteiger partial charge on any atom is -0.307 e. The van der Waals surface area contributed by atoms with Crippen LogP contribution in [0.5, 0.6) is 0 Å². The molecule has 110 valence electrons. The highest BCUT2D eigenvalue weighted by Gasteiger charge is 2.25. The molecule has 21 heavy (non-hydrogen) atoms. The Labute approximate surface area is 135 Å². The van der Waals surface area contributed by atoms with E-state index in [1.54, 1.807) is 0 Å². The van der Waals surface area contributed by atoms with Crippen LogP contribution in [0.15, 0.2) is 53.0 Å². The van der Waals surface area contributed by atoms with Crippen molar-refractivity contribution in [3.63, 3.8) is 0 Å². The molecule has 1 nitrogen and oxygen atoms in total. The van der Waals surface area contributed by atoms with Crippen LogP contribution < -0.4 is 5.32 Å². The molecule has 0 aliphatic heterocycles. The molecule has 3 rings (SSSR count). The van der Waals surface area contributed by atoms with Crippen molar-refractivity contribution in [1.82, 2.24) is 5.32 Å². The molecule has 1 saturated carbocycles. The summed E-state index contributed by atoms with van der Waals surface area (Å²) in [4.78, 5) is 0. The zero-order chi connectivity index (χ0) is 14.7. The fourth-order valence-electron chi connectivity index (χ4n) is 3.16. The molecule has 1 atom stereocenters. The topological polar surface area (TPSA) is 12.0 Å². The van der Waals surface area contributed by atoms with E-state index in [0.29, 0.717) is 0 Å². The van der Waals surface area contributed by atoms with Crippen LogP contribution in [0.2, 0.25) is 0 Å². The van der Waals surface area contributed by atoms with Crippen molar-refractivity contribution in [2.45, 2.75) is 38.1 Å². The maximum Gasteiger partial charge on any atom is 0.0579 e. The largest absolute Gasteiger partial charge is 0.307 e. The first-order valence-electron chi connectivity index (χ1n) is 7.87. The molecule has 0 aromatic heterocycles.